The first-order valence-corrected chi connectivity index (χ1v) is 9.28. The Hall–Kier alpha value is -0.120. The van der Waals surface area contributed by atoms with Crippen molar-refractivity contribution in [3.05, 3.63) is 0 Å². The molecular weight excluding hydrogens is 260 g/mol. The monoisotopic (exact) mass is 298 g/mol. The van der Waals surface area contributed by atoms with Crippen LogP contribution in [0.3, 0.4) is 0 Å². The molecule has 3 atom stereocenters. The summed E-state index contributed by atoms with van der Waals surface area (Å²) in [6.07, 6.45) is 6.96. The second kappa shape index (κ2) is 11.4. The lowest BCUT2D eigenvalue weighted by Gasteiger charge is -2.39. The molecule has 0 aromatic rings. The van der Waals surface area contributed by atoms with Gasteiger partial charge in [0.15, 0.2) is 0 Å². The molecule has 0 saturated heterocycles. The quantitative estimate of drug-likeness (QED) is 0.591. The van der Waals surface area contributed by atoms with Crippen LogP contribution in [0.5, 0.6) is 0 Å². The molecule has 3 heteroatoms. The Balaban J connectivity index is 2.50. The number of ether oxygens (including phenoxy) is 1. The van der Waals surface area contributed by atoms with Gasteiger partial charge in [0.25, 0.3) is 0 Å². The van der Waals surface area contributed by atoms with E-state index in [0.717, 1.165) is 50.7 Å². The molecule has 21 heavy (non-hydrogen) atoms. The van der Waals surface area contributed by atoms with Gasteiger partial charge < -0.3 is 15.0 Å². The Kier molecular flexibility index (Phi) is 10.3. The molecule has 126 valence electrons. The van der Waals surface area contributed by atoms with E-state index in [1.54, 1.807) is 0 Å². The molecule has 1 rings (SSSR count). The van der Waals surface area contributed by atoms with E-state index < -0.39 is 0 Å². The zero-order chi connectivity index (χ0) is 15.5. The standard InChI is InChI=1S/C18H38N2O/c1-5-9-16-10-11-18(19-6-2)17(14-16)15-20(7-3)12-13-21-8-4/h16-19H,5-15H2,1-4H3. The van der Waals surface area contributed by atoms with Gasteiger partial charge in [0.05, 0.1) is 6.61 Å². The first kappa shape index (κ1) is 18.9. The predicted molar refractivity (Wildman–Crippen MR) is 91.8 cm³/mol. The number of hydrogen-bond donors (Lipinski definition) is 1. The van der Waals surface area contributed by atoms with E-state index in [4.69, 9.17) is 4.74 Å². The summed E-state index contributed by atoms with van der Waals surface area (Å²) in [5.74, 6) is 1.78. The van der Waals surface area contributed by atoms with E-state index in [2.05, 4.69) is 37.9 Å². The van der Waals surface area contributed by atoms with Crippen LogP contribution in [0.15, 0.2) is 0 Å². The molecule has 3 nitrogen and oxygen atoms in total. The Morgan fingerprint density at radius 2 is 1.95 bits per heavy atom. The van der Waals surface area contributed by atoms with Crippen molar-refractivity contribution in [2.45, 2.75) is 65.8 Å². The Morgan fingerprint density at radius 1 is 1.14 bits per heavy atom. The normalized spacial score (nSPS) is 26.4. The van der Waals surface area contributed by atoms with Crippen LogP contribution in [0, 0.1) is 11.8 Å². The molecule has 1 saturated carbocycles. The molecule has 1 aliphatic carbocycles. The molecule has 1 aliphatic rings. The van der Waals surface area contributed by atoms with Gasteiger partial charge in [-0.3, -0.25) is 0 Å². The zero-order valence-corrected chi connectivity index (χ0v) is 14.9. The summed E-state index contributed by atoms with van der Waals surface area (Å²) in [4.78, 5) is 2.58. The lowest BCUT2D eigenvalue weighted by Crippen LogP contribution is -2.46. The van der Waals surface area contributed by atoms with Crippen LogP contribution in [0.2, 0.25) is 0 Å². The number of nitrogens with zero attached hydrogens (tertiary/aromatic N) is 1. The van der Waals surface area contributed by atoms with E-state index in [-0.39, 0.29) is 0 Å². The van der Waals surface area contributed by atoms with Gasteiger partial charge >= 0.3 is 0 Å². The maximum absolute atomic E-state index is 5.53. The van der Waals surface area contributed by atoms with Crippen molar-refractivity contribution in [2.24, 2.45) is 11.8 Å². The van der Waals surface area contributed by atoms with E-state index in [1.165, 1.54) is 38.6 Å². The van der Waals surface area contributed by atoms with Crippen molar-refractivity contribution in [3.63, 3.8) is 0 Å². The van der Waals surface area contributed by atoms with Crippen LogP contribution in [-0.4, -0.2) is 50.3 Å². The largest absolute Gasteiger partial charge is 0.380 e. The van der Waals surface area contributed by atoms with Crippen molar-refractivity contribution >= 4 is 0 Å². The van der Waals surface area contributed by atoms with Gasteiger partial charge in [-0.25, -0.2) is 0 Å². The maximum Gasteiger partial charge on any atom is 0.0593 e. The third-order valence-electron chi connectivity index (χ3n) is 4.95. The Morgan fingerprint density at radius 3 is 2.57 bits per heavy atom. The molecule has 0 radical (unpaired) electrons. The molecule has 1 fully saturated rings. The first-order valence-electron chi connectivity index (χ1n) is 9.28. The van der Waals surface area contributed by atoms with Gasteiger partial charge in [-0.2, -0.15) is 0 Å². The van der Waals surface area contributed by atoms with Gasteiger partial charge in [0.1, 0.15) is 0 Å². The summed E-state index contributed by atoms with van der Waals surface area (Å²) in [7, 11) is 0. The third kappa shape index (κ3) is 7.12. The fraction of sp³-hybridized carbons (Fsp3) is 1.00. The minimum atomic E-state index is 0.726. The summed E-state index contributed by atoms with van der Waals surface area (Å²) in [5.41, 5.74) is 0. The number of nitrogens with one attached hydrogen (secondary N) is 1. The Bertz CT molecular complexity index is 247. The molecule has 0 aromatic heterocycles. The average molecular weight is 299 g/mol. The summed E-state index contributed by atoms with van der Waals surface area (Å²) < 4.78 is 5.53. The lowest BCUT2D eigenvalue weighted by molar-refractivity contribution is 0.0909. The molecule has 3 unspecified atom stereocenters. The summed E-state index contributed by atoms with van der Waals surface area (Å²) in [6.45, 7) is 15.2. The number of rotatable bonds is 11. The molecular formula is C18H38N2O. The third-order valence-corrected chi connectivity index (χ3v) is 4.95. The minimum absolute atomic E-state index is 0.726. The average Bonchev–Trinajstić information content (AvgIpc) is 2.49. The highest BCUT2D eigenvalue weighted by Gasteiger charge is 2.30. The highest BCUT2D eigenvalue weighted by Crippen LogP contribution is 2.32. The molecule has 0 spiro atoms. The van der Waals surface area contributed by atoms with Crippen molar-refractivity contribution in [3.8, 4) is 0 Å². The highest BCUT2D eigenvalue weighted by molar-refractivity contribution is 4.86. The fourth-order valence-corrected chi connectivity index (χ4v) is 3.81. The summed E-state index contributed by atoms with van der Waals surface area (Å²) in [6, 6.07) is 0.726. The van der Waals surface area contributed by atoms with Crippen molar-refractivity contribution in [2.75, 3.05) is 39.4 Å². The molecule has 0 amide bonds. The first-order chi connectivity index (χ1) is 10.2. The van der Waals surface area contributed by atoms with Crippen LogP contribution in [0.25, 0.3) is 0 Å². The molecule has 0 heterocycles. The van der Waals surface area contributed by atoms with Crippen LogP contribution >= 0.6 is 0 Å². The van der Waals surface area contributed by atoms with Crippen molar-refractivity contribution in [1.29, 1.82) is 0 Å². The van der Waals surface area contributed by atoms with E-state index in [0.29, 0.717) is 0 Å². The van der Waals surface area contributed by atoms with Gasteiger partial charge in [-0.15, -0.1) is 0 Å². The minimum Gasteiger partial charge on any atom is -0.380 e. The van der Waals surface area contributed by atoms with E-state index in [1.807, 2.05) is 0 Å². The fourth-order valence-electron chi connectivity index (χ4n) is 3.81. The molecule has 0 aromatic carbocycles. The van der Waals surface area contributed by atoms with Crippen molar-refractivity contribution in [1.82, 2.24) is 10.2 Å². The van der Waals surface area contributed by atoms with Gasteiger partial charge in [-0.1, -0.05) is 33.6 Å². The SMILES string of the molecule is CCCC1CCC(NCC)C(CN(CC)CCOCC)C1. The lowest BCUT2D eigenvalue weighted by atomic mass is 9.76. The van der Waals surface area contributed by atoms with Crippen LogP contribution in [0.1, 0.15) is 59.8 Å². The van der Waals surface area contributed by atoms with E-state index in [9.17, 15) is 0 Å². The topological polar surface area (TPSA) is 24.5 Å². The van der Waals surface area contributed by atoms with Gasteiger partial charge in [0.2, 0.25) is 0 Å². The highest BCUT2D eigenvalue weighted by atomic mass is 16.5. The molecule has 0 aliphatic heterocycles. The second-order valence-corrected chi connectivity index (χ2v) is 6.48. The summed E-state index contributed by atoms with van der Waals surface area (Å²) in [5, 5.41) is 3.74. The van der Waals surface area contributed by atoms with Crippen molar-refractivity contribution < 1.29 is 4.74 Å². The van der Waals surface area contributed by atoms with E-state index >= 15 is 0 Å². The maximum atomic E-state index is 5.53. The molecule has 0 bridgehead atoms. The smallest absolute Gasteiger partial charge is 0.0593 e. The van der Waals surface area contributed by atoms with Crippen LogP contribution < -0.4 is 5.32 Å². The number of likely N-dealkylation sites (N-methyl/N-ethyl adjacent to an activating group) is 1. The van der Waals surface area contributed by atoms with Gasteiger partial charge in [0, 0.05) is 25.7 Å². The number of hydrogen-bond acceptors (Lipinski definition) is 3. The van der Waals surface area contributed by atoms with Crippen LogP contribution in [0.4, 0.5) is 0 Å². The van der Waals surface area contributed by atoms with Crippen LogP contribution in [-0.2, 0) is 4.74 Å². The zero-order valence-electron chi connectivity index (χ0n) is 14.9. The molecule has 1 N–H and O–H groups in total. The second-order valence-electron chi connectivity index (χ2n) is 6.48. The predicted octanol–water partition coefficient (Wildman–Crippen LogP) is 3.54. The Labute approximate surface area is 132 Å². The van der Waals surface area contributed by atoms with Gasteiger partial charge in [-0.05, 0) is 51.1 Å². The summed E-state index contributed by atoms with van der Waals surface area (Å²) >= 11 is 0.